The molecule has 0 aliphatic heterocycles. The van der Waals surface area contributed by atoms with Gasteiger partial charge in [-0.15, -0.1) is 0 Å². The van der Waals surface area contributed by atoms with E-state index in [1.54, 1.807) is 0 Å². The molecule has 0 aromatic carbocycles. The Morgan fingerprint density at radius 2 is 1.12 bits per heavy atom. The Balaban J connectivity index is -0.00000000800. The predicted octanol–water partition coefficient (Wildman–Crippen LogP) is -7.24. The fourth-order valence-electron chi connectivity index (χ4n) is 0. The second kappa shape index (κ2) is 8.02. The minimum Gasteiger partial charge on any atom is -1.00 e. The zero-order valence-corrected chi connectivity index (χ0v) is 5.44. The van der Waals surface area contributed by atoms with E-state index in [0.29, 0.717) is 0 Å². The molecule has 0 amide bonds. The Kier molecular flexibility index (Phi) is 23.1. The van der Waals surface area contributed by atoms with E-state index in [4.69, 9.17) is 17.5 Å². The molecular formula is H6Li2O5S. The molecule has 0 rings (SSSR count). The van der Waals surface area contributed by atoms with Gasteiger partial charge in [-0.3, -0.25) is 9.11 Å². The molecule has 8 heavy (non-hydrogen) atoms. The van der Waals surface area contributed by atoms with E-state index in [9.17, 15) is 0 Å². The third-order valence-corrected chi connectivity index (χ3v) is 0. The minimum atomic E-state index is -4.67. The fraction of sp³-hybridized carbons (Fsp3) is 0. The first-order valence-corrected chi connectivity index (χ1v) is 2.10. The van der Waals surface area contributed by atoms with E-state index in [1.165, 1.54) is 0 Å². The summed E-state index contributed by atoms with van der Waals surface area (Å²) in [6.07, 6.45) is 0. The van der Waals surface area contributed by atoms with Gasteiger partial charge >= 0.3 is 48.1 Å². The van der Waals surface area contributed by atoms with Crippen LogP contribution in [-0.2, 0) is 10.4 Å². The zero-order chi connectivity index (χ0) is 4.50. The van der Waals surface area contributed by atoms with Gasteiger partial charge in [0.15, 0.2) is 0 Å². The van der Waals surface area contributed by atoms with Gasteiger partial charge in [-0.25, -0.2) is 0 Å². The van der Waals surface area contributed by atoms with Crippen molar-refractivity contribution in [1.29, 1.82) is 0 Å². The normalized spacial score (nSPS) is 7.25. The van der Waals surface area contributed by atoms with Crippen molar-refractivity contribution in [2.45, 2.75) is 0 Å². The summed E-state index contributed by atoms with van der Waals surface area (Å²) < 4.78 is 31.6. The van der Waals surface area contributed by atoms with Crippen LogP contribution < -0.4 is 37.7 Å². The summed E-state index contributed by atoms with van der Waals surface area (Å²) in [4.78, 5) is 0. The maximum absolute atomic E-state index is 8.74. The molecule has 0 saturated carbocycles. The minimum absolute atomic E-state index is 0. The van der Waals surface area contributed by atoms with Crippen LogP contribution in [0.15, 0.2) is 0 Å². The number of hydrogen-bond acceptors (Lipinski definition) is 2. The van der Waals surface area contributed by atoms with Crippen molar-refractivity contribution in [1.82, 2.24) is 0 Å². The summed E-state index contributed by atoms with van der Waals surface area (Å²) in [5.41, 5.74) is 0. The first kappa shape index (κ1) is 23.0. The van der Waals surface area contributed by atoms with Gasteiger partial charge in [0.05, 0.1) is 0 Å². The van der Waals surface area contributed by atoms with Crippen molar-refractivity contribution >= 4 is 10.4 Å². The molecular weight excluding hydrogens is 126 g/mol. The molecule has 8 heteroatoms. The number of rotatable bonds is 0. The van der Waals surface area contributed by atoms with Gasteiger partial charge in [0.1, 0.15) is 0 Å². The van der Waals surface area contributed by atoms with E-state index >= 15 is 0 Å². The molecule has 0 atom stereocenters. The molecule has 0 saturated heterocycles. The van der Waals surface area contributed by atoms with Gasteiger partial charge in [0, 0.05) is 0 Å². The summed E-state index contributed by atoms with van der Waals surface area (Å²) >= 11 is 0. The van der Waals surface area contributed by atoms with Crippen molar-refractivity contribution in [2.75, 3.05) is 0 Å². The van der Waals surface area contributed by atoms with Gasteiger partial charge in [-0.05, 0) is 0 Å². The number of hydrogen-bond donors (Lipinski definition) is 2. The van der Waals surface area contributed by atoms with Gasteiger partial charge < -0.3 is 8.33 Å². The van der Waals surface area contributed by atoms with E-state index in [-0.39, 0.29) is 46.1 Å². The molecule has 0 fully saturated rings. The van der Waals surface area contributed by atoms with Crippen molar-refractivity contribution in [3.63, 3.8) is 0 Å². The summed E-state index contributed by atoms with van der Waals surface area (Å²) in [6.45, 7) is 0. The summed E-state index contributed by atoms with van der Waals surface area (Å²) in [6, 6.07) is 0. The summed E-state index contributed by atoms with van der Waals surface area (Å²) in [5, 5.41) is 0. The third-order valence-electron chi connectivity index (χ3n) is 0. The van der Waals surface area contributed by atoms with Crippen LogP contribution in [0.1, 0.15) is 2.85 Å². The maximum atomic E-state index is 8.74. The third kappa shape index (κ3) is 243. The van der Waals surface area contributed by atoms with Crippen molar-refractivity contribution in [3.05, 3.63) is 0 Å². The smallest absolute Gasteiger partial charge is 1.00 e. The molecule has 0 heterocycles. The topological polar surface area (TPSA) is 106 Å². The van der Waals surface area contributed by atoms with Crippen molar-refractivity contribution in [3.8, 4) is 0 Å². The van der Waals surface area contributed by atoms with Crippen molar-refractivity contribution < 1.29 is 63.6 Å². The average molecular weight is 132 g/mol. The van der Waals surface area contributed by atoms with Crippen LogP contribution in [-0.4, -0.2) is 23.0 Å². The molecule has 0 aromatic rings. The first-order valence-electron chi connectivity index (χ1n) is 0.698. The molecule has 0 spiro atoms. The molecule has 0 aliphatic carbocycles. The summed E-state index contributed by atoms with van der Waals surface area (Å²) in [5.74, 6) is 0. The standard InChI is InChI=1S/2Li.H2O4S.H2O.2H/c;;1-5(2,3)4;;;/h;;(H2,1,2,3,4);1H2;;/q2*+1;;;2*-1. The molecule has 0 aliphatic rings. The zero-order valence-electron chi connectivity index (χ0n) is 6.62. The van der Waals surface area contributed by atoms with Crippen LogP contribution in [0, 0.1) is 0 Å². The first-order chi connectivity index (χ1) is 2.00. The molecule has 0 radical (unpaired) electrons. The van der Waals surface area contributed by atoms with Gasteiger partial charge in [0.2, 0.25) is 0 Å². The SMILES string of the molecule is O.O=S(=O)(O)O.[H-].[H-].[Li+].[Li+]. The Morgan fingerprint density at radius 1 is 1.12 bits per heavy atom. The monoisotopic (exact) mass is 132 g/mol. The van der Waals surface area contributed by atoms with E-state index in [0.717, 1.165) is 0 Å². The van der Waals surface area contributed by atoms with Crippen LogP contribution >= 0.6 is 0 Å². The van der Waals surface area contributed by atoms with Crippen LogP contribution in [0.25, 0.3) is 0 Å². The Morgan fingerprint density at radius 3 is 1.12 bits per heavy atom. The van der Waals surface area contributed by atoms with E-state index in [1.807, 2.05) is 0 Å². The second-order valence-corrected chi connectivity index (χ2v) is 1.34. The molecule has 0 aromatic heterocycles. The molecule has 0 bridgehead atoms. The predicted molar refractivity (Wildman–Crippen MR) is 20.0 cm³/mol. The summed E-state index contributed by atoms with van der Waals surface area (Å²) in [7, 11) is -4.67. The van der Waals surface area contributed by atoms with Crippen molar-refractivity contribution in [2.24, 2.45) is 0 Å². The van der Waals surface area contributed by atoms with Gasteiger partial charge in [0.25, 0.3) is 0 Å². The van der Waals surface area contributed by atoms with Crippen LogP contribution in [0.3, 0.4) is 0 Å². The largest absolute Gasteiger partial charge is 1.00 e. The Labute approximate surface area is 74.1 Å². The van der Waals surface area contributed by atoms with Gasteiger partial charge in [-0.1, -0.05) is 0 Å². The quantitative estimate of drug-likeness (QED) is 0.252. The Hall–Kier alpha value is 1.02. The van der Waals surface area contributed by atoms with Crippen LogP contribution in [0.5, 0.6) is 0 Å². The van der Waals surface area contributed by atoms with Crippen LogP contribution in [0.4, 0.5) is 0 Å². The molecule has 0 unspecified atom stereocenters. The molecule has 5 nitrogen and oxygen atoms in total. The molecule has 4 N–H and O–H groups in total. The van der Waals surface area contributed by atoms with E-state index < -0.39 is 10.4 Å². The average Bonchev–Trinajstić information content (AvgIpc) is 0.722. The van der Waals surface area contributed by atoms with E-state index in [2.05, 4.69) is 0 Å². The fourth-order valence-corrected chi connectivity index (χ4v) is 0. The Bertz CT molecular complexity index is 101. The van der Waals surface area contributed by atoms with Gasteiger partial charge in [-0.2, -0.15) is 8.42 Å². The molecule has 44 valence electrons. The second-order valence-electron chi connectivity index (χ2n) is 0.448. The maximum Gasteiger partial charge on any atom is 1.00 e. The van der Waals surface area contributed by atoms with Crippen LogP contribution in [0.2, 0.25) is 0 Å².